The smallest absolute Gasteiger partial charge is 0.244 e. The summed E-state index contributed by atoms with van der Waals surface area (Å²) in [4.78, 5) is 13.4. The first-order valence-corrected chi connectivity index (χ1v) is 8.35. The number of hydrogen-bond acceptors (Lipinski definition) is 4. The van der Waals surface area contributed by atoms with Gasteiger partial charge in [0.05, 0.1) is 6.04 Å². The van der Waals surface area contributed by atoms with Crippen molar-refractivity contribution in [2.24, 2.45) is 0 Å². The number of nitrogens with one attached hydrogen (secondary N) is 1. The van der Waals surface area contributed by atoms with E-state index in [4.69, 9.17) is 23.2 Å². The van der Waals surface area contributed by atoms with Gasteiger partial charge in [-0.2, -0.15) is 4.80 Å². The minimum atomic E-state index is -0.206. The van der Waals surface area contributed by atoms with Crippen molar-refractivity contribution in [3.63, 3.8) is 0 Å². The Labute approximate surface area is 154 Å². The highest BCUT2D eigenvalue weighted by Crippen LogP contribution is 2.17. The standard InChI is InChI=1S/C17H15Cl2N5O/c1-11(12-2-6-14(18)7-3-12)20-16(25)10-24-22-17(21-23-24)13-4-8-15(19)9-5-13/h2-9,11H,10H2,1H3,(H,20,25). The van der Waals surface area contributed by atoms with Gasteiger partial charge in [-0.15, -0.1) is 10.2 Å². The average molecular weight is 376 g/mol. The van der Waals surface area contributed by atoms with E-state index in [-0.39, 0.29) is 18.5 Å². The van der Waals surface area contributed by atoms with Gasteiger partial charge in [0.1, 0.15) is 6.54 Å². The van der Waals surface area contributed by atoms with E-state index in [1.807, 2.05) is 19.1 Å². The van der Waals surface area contributed by atoms with Crippen LogP contribution >= 0.6 is 23.2 Å². The van der Waals surface area contributed by atoms with Crippen LogP contribution < -0.4 is 5.32 Å². The highest BCUT2D eigenvalue weighted by Gasteiger charge is 2.12. The minimum Gasteiger partial charge on any atom is -0.348 e. The molecule has 0 bridgehead atoms. The normalized spacial score (nSPS) is 12.0. The maximum atomic E-state index is 12.2. The molecule has 0 saturated heterocycles. The third-order valence-electron chi connectivity index (χ3n) is 3.59. The average Bonchev–Trinajstić information content (AvgIpc) is 3.04. The summed E-state index contributed by atoms with van der Waals surface area (Å²) in [5, 5.41) is 16.3. The summed E-state index contributed by atoms with van der Waals surface area (Å²) in [5.41, 5.74) is 1.75. The summed E-state index contributed by atoms with van der Waals surface area (Å²) >= 11 is 11.7. The predicted molar refractivity (Wildman–Crippen MR) is 96.3 cm³/mol. The number of benzene rings is 2. The molecule has 1 amide bonds. The molecule has 0 aliphatic rings. The van der Waals surface area contributed by atoms with Gasteiger partial charge in [0, 0.05) is 15.6 Å². The number of hydrogen-bond donors (Lipinski definition) is 1. The summed E-state index contributed by atoms with van der Waals surface area (Å²) in [7, 11) is 0. The molecule has 1 heterocycles. The third kappa shape index (κ3) is 4.55. The lowest BCUT2D eigenvalue weighted by molar-refractivity contribution is -0.122. The second-order valence-electron chi connectivity index (χ2n) is 5.49. The molecular formula is C17H15Cl2N5O. The van der Waals surface area contributed by atoms with E-state index in [9.17, 15) is 4.79 Å². The van der Waals surface area contributed by atoms with Gasteiger partial charge < -0.3 is 5.32 Å². The van der Waals surface area contributed by atoms with E-state index in [2.05, 4.69) is 20.7 Å². The van der Waals surface area contributed by atoms with Gasteiger partial charge in [-0.1, -0.05) is 35.3 Å². The zero-order valence-electron chi connectivity index (χ0n) is 13.4. The Bertz CT molecular complexity index is 862. The van der Waals surface area contributed by atoms with Crippen LogP contribution in [0.25, 0.3) is 11.4 Å². The van der Waals surface area contributed by atoms with Crippen molar-refractivity contribution in [2.45, 2.75) is 19.5 Å². The fraction of sp³-hybridized carbons (Fsp3) is 0.176. The van der Waals surface area contributed by atoms with E-state index >= 15 is 0 Å². The van der Waals surface area contributed by atoms with Crippen molar-refractivity contribution in [2.75, 3.05) is 0 Å². The van der Waals surface area contributed by atoms with Crippen LogP contribution in [0.4, 0.5) is 0 Å². The van der Waals surface area contributed by atoms with E-state index in [1.165, 1.54) is 4.80 Å². The van der Waals surface area contributed by atoms with Crippen LogP contribution in [-0.4, -0.2) is 26.1 Å². The molecule has 8 heteroatoms. The predicted octanol–water partition coefficient (Wildman–Crippen LogP) is 3.52. The van der Waals surface area contributed by atoms with Crippen molar-refractivity contribution < 1.29 is 4.79 Å². The number of tetrazole rings is 1. The molecule has 0 saturated carbocycles. The largest absolute Gasteiger partial charge is 0.348 e. The molecule has 25 heavy (non-hydrogen) atoms. The Hall–Kier alpha value is -2.44. The van der Waals surface area contributed by atoms with Crippen molar-refractivity contribution >= 4 is 29.1 Å². The lowest BCUT2D eigenvalue weighted by atomic mass is 10.1. The molecule has 0 radical (unpaired) electrons. The first-order chi connectivity index (χ1) is 12.0. The molecule has 2 aromatic carbocycles. The topological polar surface area (TPSA) is 72.7 Å². The van der Waals surface area contributed by atoms with Crippen molar-refractivity contribution in [1.29, 1.82) is 0 Å². The maximum absolute atomic E-state index is 12.2. The number of carbonyl (C=O) groups excluding carboxylic acids is 1. The summed E-state index contributed by atoms with van der Waals surface area (Å²) in [6, 6.07) is 14.3. The molecule has 6 nitrogen and oxygen atoms in total. The van der Waals surface area contributed by atoms with Gasteiger partial charge in [-0.3, -0.25) is 4.79 Å². The summed E-state index contributed by atoms with van der Waals surface area (Å²) < 4.78 is 0. The van der Waals surface area contributed by atoms with Crippen LogP contribution in [0.2, 0.25) is 10.0 Å². The van der Waals surface area contributed by atoms with E-state index < -0.39 is 0 Å². The lowest BCUT2D eigenvalue weighted by Gasteiger charge is -2.14. The number of carbonyl (C=O) groups is 1. The summed E-state index contributed by atoms with van der Waals surface area (Å²) in [5.74, 6) is 0.234. The molecule has 128 valence electrons. The Balaban J connectivity index is 1.61. The van der Waals surface area contributed by atoms with Crippen LogP contribution in [0.3, 0.4) is 0 Å². The van der Waals surface area contributed by atoms with Gasteiger partial charge in [0.25, 0.3) is 0 Å². The maximum Gasteiger partial charge on any atom is 0.244 e. The quantitative estimate of drug-likeness (QED) is 0.740. The number of rotatable bonds is 5. The van der Waals surface area contributed by atoms with Gasteiger partial charge in [0.15, 0.2) is 0 Å². The van der Waals surface area contributed by atoms with Gasteiger partial charge in [-0.25, -0.2) is 0 Å². The van der Waals surface area contributed by atoms with Crippen LogP contribution in [0, 0.1) is 0 Å². The molecular weight excluding hydrogens is 361 g/mol. The molecule has 0 aliphatic carbocycles. The molecule has 0 aliphatic heterocycles. The minimum absolute atomic E-state index is 0.0154. The molecule has 3 aromatic rings. The first kappa shape index (κ1) is 17.4. The fourth-order valence-corrected chi connectivity index (χ4v) is 2.53. The number of aromatic nitrogens is 4. The lowest BCUT2D eigenvalue weighted by Crippen LogP contribution is -2.30. The molecule has 0 fully saturated rings. The monoisotopic (exact) mass is 375 g/mol. The molecule has 1 aromatic heterocycles. The van der Waals surface area contributed by atoms with Gasteiger partial charge >= 0.3 is 0 Å². The molecule has 0 spiro atoms. The van der Waals surface area contributed by atoms with E-state index in [0.29, 0.717) is 15.9 Å². The highest BCUT2D eigenvalue weighted by molar-refractivity contribution is 6.30. The molecule has 1 unspecified atom stereocenters. The number of nitrogens with zero attached hydrogens (tertiary/aromatic N) is 4. The third-order valence-corrected chi connectivity index (χ3v) is 4.09. The molecule has 1 N–H and O–H groups in total. The van der Waals surface area contributed by atoms with Crippen molar-refractivity contribution in [3.05, 3.63) is 64.1 Å². The summed E-state index contributed by atoms with van der Waals surface area (Å²) in [6.07, 6.45) is 0. The number of halogens is 2. The van der Waals surface area contributed by atoms with E-state index in [0.717, 1.165) is 11.1 Å². The highest BCUT2D eigenvalue weighted by atomic mass is 35.5. The zero-order chi connectivity index (χ0) is 17.8. The zero-order valence-corrected chi connectivity index (χ0v) is 14.9. The first-order valence-electron chi connectivity index (χ1n) is 7.60. The number of amides is 1. The Morgan fingerprint density at radius 2 is 1.68 bits per heavy atom. The molecule has 1 atom stereocenters. The Morgan fingerprint density at radius 1 is 1.08 bits per heavy atom. The van der Waals surface area contributed by atoms with Crippen LogP contribution in [0.1, 0.15) is 18.5 Å². The molecule has 3 rings (SSSR count). The Kier molecular flexibility index (Phi) is 5.31. The SMILES string of the molecule is CC(NC(=O)Cn1nnc(-c2ccc(Cl)cc2)n1)c1ccc(Cl)cc1. The van der Waals surface area contributed by atoms with E-state index in [1.54, 1.807) is 36.4 Å². The van der Waals surface area contributed by atoms with Gasteiger partial charge in [0.2, 0.25) is 11.7 Å². The Morgan fingerprint density at radius 3 is 2.32 bits per heavy atom. The van der Waals surface area contributed by atoms with Crippen molar-refractivity contribution in [3.8, 4) is 11.4 Å². The summed E-state index contributed by atoms with van der Waals surface area (Å²) in [6.45, 7) is 1.88. The van der Waals surface area contributed by atoms with Crippen LogP contribution in [0.5, 0.6) is 0 Å². The van der Waals surface area contributed by atoms with Crippen molar-refractivity contribution in [1.82, 2.24) is 25.5 Å². The van der Waals surface area contributed by atoms with Crippen LogP contribution in [-0.2, 0) is 11.3 Å². The second kappa shape index (κ2) is 7.63. The van der Waals surface area contributed by atoms with Gasteiger partial charge in [-0.05, 0) is 54.1 Å². The fourth-order valence-electron chi connectivity index (χ4n) is 2.28. The van der Waals surface area contributed by atoms with Crippen LogP contribution in [0.15, 0.2) is 48.5 Å². The second-order valence-corrected chi connectivity index (χ2v) is 6.36.